The number of ether oxygens (including phenoxy) is 1. The van der Waals surface area contributed by atoms with E-state index in [-0.39, 0.29) is 5.78 Å². The van der Waals surface area contributed by atoms with Crippen LogP contribution in [0.4, 0.5) is 0 Å². The molecule has 110 valence electrons. The number of hydrogen-bond donors (Lipinski definition) is 0. The number of unbranched alkanes of at least 4 members (excludes halogenated alkanes) is 1. The monoisotopic (exact) mass is 294 g/mol. The van der Waals surface area contributed by atoms with E-state index in [2.05, 4.69) is 0 Å². The maximum Gasteiger partial charge on any atom is 0.316 e. The van der Waals surface area contributed by atoms with Gasteiger partial charge in [0.05, 0.1) is 12.9 Å². The Morgan fingerprint density at radius 1 is 1.25 bits per heavy atom. The third-order valence-corrected chi connectivity index (χ3v) is 4.16. The molecule has 1 atom stereocenters. The number of carbonyl (C=O) groups excluding carboxylic acids is 2. The zero-order chi connectivity index (χ0) is 15.0. The predicted octanol–water partition coefficient (Wildman–Crippen LogP) is 3.64. The van der Waals surface area contributed by atoms with Crippen molar-refractivity contribution in [3.05, 3.63) is 29.8 Å². The average molecular weight is 294 g/mol. The van der Waals surface area contributed by atoms with Crippen LogP contribution in [-0.2, 0) is 14.3 Å². The van der Waals surface area contributed by atoms with E-state index in [0.29, 0.717) is 12.2 Å². The summed E-state index contributed by atoms with van der Waals surface area (Å²) in [7, 11) is 1.33. The van der Waals surface area contributed by atoms with Crippen LogP contribution >= 0.6 is 11.8 Å². The maximum atomic E-state index is 12.2. The van der Waals surface area contributed by atoms with E-state index in [4.69, 9.17) is 4.74 Å². The highest BCUT2D eigenvalue weighted by molar-refractivity contribution is 8.00. The molecule has 0 aliphatic heterocycles. The van der Waals surface area contributed by atoms with Gasteiger partial charge in [-0.2, -0.15) is 0 Å². The molecule has 0 fully saturated rings. The van der Waals surface area contributed by atoms with Crippen molar-refractivity contribution in [3.8, 4) is 0 Å². The second kappa shape index (κ2) is 8.80. The molecule has 0 bridgehead atoms. The van der Waals surface area contributed by atoms with E-state index < -0.39 is 11.9 Å². The van der Waals surface area contributed by atoms with Crippen LogP contribution in [0.5, 0.6) is 0 Å². The quantitative estimate of drug-likeness (QED) is 0.417. The smallest absolute Gasteiger partial charge is 0.316 e. The van der Waals surface area contributed by atoms with Crippen molar-refractivity contribution in [2.45, 2.75) is 38.0 Å². The molecular weight excluding hydrogens is 272 g/mol. The normalized spacial score (nSPS) is 11.9. The van der Waals surface area contributed by atoms with Crippen LogP contribution in [0.3, 0.4) is 0 Å². The fourth-order valence-electron chi connectivity index (χ4n) is 1.85. The highest BCUT2D eigenvalue weighted by atomic mass is 32.2. The van der Waals surface area contributed by atoms with Crippen LogP contribution in [-0.4, -0.2) is 24.6 Å². The Morgan fingerprint density at radius 2 is 1.90 bits per heavy atom. The molecule has 0 aromatic heterocycles. The van der Waals surface area contributed by atoms with Crippen LogP contribution in [0.15, 0.2) is 29.2 Å². The third-order valence-electron chi connectivity index (χ3n) is 3.12. The molecule has 1 aromatic rings. The minimum atomic E-state index is -0.613. The Balaban J connectivity index is 2.56. The molecular formula is C16H22O3S. The second-order valence-electron chi connectivity index (χ2n) is 4.79. The van der Waals surface area contributed by atoms with Gasteiger partial charge >= 0.3 is 5.97 Å². The molecule has 1 rings (SSSR count). The van der Waals surface area contributed by atoms with Gasteiger partial charge in [-0.25, -0.2) is 0 Å². The summed E-state index contributed by atoms with van der Waals surface area (Å²) < 4.78 is 4.73. The minimum absolute atomic E-state index is 0.0455. The largest absolute Gasteiger partial charge is 0.468 e. The number of benzene rings is 1. The number of methoxy groups -OCH3 is 1. The van der Waals surface area contributed by atoms with E-state index in [1.807, 2.05) is 38.1 Å². The summed E-state index contributed by atoms with van der Waals surface area (Å²) in [6.07, 6.45) is 2.41. The molecule has 0 heterocycles. The third kappa shape index (κ3) is 5.37. The minimum Gasteiger partial charge on any atom is -0.468 e. The molecule has 4 heteroatoms. The first-order valence-corrected chi connectivity index (χ1v) is 7.87. The van der Waals surface area contributed by atoms with Crippen molar-refractivity contribution in [1.29, 1.82) is 0 Å². The Labute approximate surface area is 125 Å². The fourth-order valence-corrected chi connectivity index (χ4v) is 2.69. The number of thioether (sulfide) groups is 1. The molecule has 3 nitrogen and oxygen atoms in total. The molecule has 0 spiro atoms. The summed E-state index contributed by atoms with van der Waals surface area (Å²) in [5.41, 5.74) is 1.19. The Bertz CT molecular complexity index is 440. The summed E-state index contributed by atoms with van der Waals surface area (Å²) in [6, 6.07) is 8.02. The highest BCUT2D eigenvalue weighted by Gasteiger charge is 2.26. The molecule has 0 aliphatic carbocycles. The summed E-state index contributed by atoms with van der Waals surface area (Å²) in [4.78, 5) is 24.9. The molecule has 0 saturated carbocycles. The van der Waals surface area contributed by atoms with E-state index in [0.717, 1.165) is 17.7 Å². The van der Waals surface area contributed by atoms with Crippen molar-refractivity contribution >= 4 is 23.5 Å². The summed E-state index contributed by atoms with van der Waals surface area (Å²) in [6.45, 7) is 4.07. The van der Waals surface area contributed by atoms with Crippen molar-refractivity contribution in [3.63, 3.8) is 0 Å². The van der Waals surface area contributed by atoms with Crippen LogP contribution in [0.25, 0.3) is 0 Å². The lowest BCUT2D eigenvalue weighted by atomic mass is 9.98. The SMILES string of the molecule is CCCCC(C(=O)CSc1ccc(C)cc1)C(=O)OC. The summed E-state index contributed by atoms with van der Waals surface area (Å²) in [5.74, 6) is -0.756. The number of Topliss-reactive ketones (excluding diaryl/α,β-unsaturated/α-hetero) is 1. The van der Waals surface area contributed by atoms with Gasteiger partial charge in [0.1, 0.15) is 5.92 Å². The number of hydrogen-bond acceptors (Lipinski definition) is 4. The van der Waals surface area contributed by atoms with Crippen LogP contribution < -0.4 is 0 Å². The van der Waals surface area contributed by atoms with E-state index in [1.165, 1.54) is 24.4 Å². The summed E-state index contributed by atoms with van der Waals surface area (Å²) in [5, 5.41) is 0. The van der Waals surface area contributed by atoms with E-state index in [9.17, 15) is 9.59 Å². The second-order valence-corrected chi connectivity index (χ2v) is 5.83. The zero-order valence-electron chi connectivity index (χ0n) is 12.3. The van der Waals surface area contributed by atoms with E-state index >= 15 is 0 Å². The van der Waals surface area contributed by atoms with Gasteiger partial charge in [-0.1, -0.05) is 37.5 Å². The van der Waals surface area contributed by atoms with Crippen molar-refractivity contribution in [2.75, 3.05) is 12.9 Å². The molecule has 1 aromatic carbocycles. The number of ketones is 1. The van der Waals surface area contributed by atoms with Crippen molar-refractivity contribution in [2.24, 2.45) is 5.92 Å². The molecule has 0 N–H and O–H groups in total. The van der Waals surface area contributed by atoms with Crippen molar-refractivity contribution < 1.29 is 14.3 Å². The fraction of sp³-hybridized carbons (Fsp3) is 0.500. The van der Waals surface area contributed by atoms with E-state index in [1.54, 1.807) is 0 Å². The molecule has 0 radical (unpaired) electrons. The standard InChI is InChI=1S/C16H22O3S/c1-4-5-6-14(16(18)19-3)15(17)11-20-13-9-7-12(2)8-10-13/h7-10,14H,4-6,11H2,1-3H3. The lowest BCUT2D eigenvalue weighted by Crippen LogP contribution is -2.26. The first-order chi connectivity index (χ1) is 9.58. The van der Waals surface area contributed by atoms with Crippen LogP contribution in [0, 0.1) is 12.8 Å². The lowest BCUT2D eigenvalue weighted by Gasteiger charge is -2.12. The van der Waals surface area contributed by atoms with Gasteiger partial charge in [0.2, 0.25) is 0 Å². The predicted molar refractivity (Wildman–Crippen MR) is 81.9 cm³/mol. The van der Waals surface area contributed by atoms with Crippen LogP contribution in [0.1, 0.15) is 31.7 Å². The van der Waals surface area contributed by atoms with Gasteiger partial charge in [-0.05, 0) is 25.5 Å². The number of esters is 1. The first-order valence-electron chi connectivity index (χ1n) is 6.88. The Hall–Kier alpha value is -1.29. The highest BCUT2D eigenvalue weighted by Crippen LogP contribution is 2.21. The molecule has 0 amide bonds. The van der Waals surface area contributed by atoms with Gasteiger partial charge in [0.25, 0.3) is 0 Å². The molecule has 20 heavy (non-hydrogen) atoms. The van der Waals surface area contributed by atoms with Crippen LogP contribution in [0.2, 0.25) is 0 Å². The topological polar surface area (TPSA) is 43.4 Å². The van der Waals surface area contributed by atoms with Crippen molar-refractivity contribution in [1.82, 2.24) is 0 Å². The van der Waals surface area contributed by atoms with Gasteiger partial charge in [-0.3, -0.25) is 9.59 Å². The molecule has 1 unspecified atom stereocenters. The number of aryl methyl sites for hydroxylation is 1. The van der Waals surface area contributed by atoms with Gasteiger partial charge in [0.15, 0.2) is 5.78 Å². The summed E-state index contributed by atoms with van der Waals surface area (Å²) >= 11 is 1.47. The van der Waals surface area contributed by atoms with Gasteiger partial charge < -0.3 is 4.74 Å². The average Bonchev–Trinajstić information content (AvgIpc) is 2.46. The van der Waals surface area contributed by atoms with Gasteiger partial charge in [-0.15, -0.1) is 11.8 Å². The zero-order valence-corrected chi connectivity index (χ0v) is 13.2. The number of carbonyl (C=O) groups is 2. The maximum absolute atomic E-state index is 12.2. The molecule has 0 aliphatic rings. The molecule has 0 saturated heterocycles. The Morgan fingerprint density at radius 3 is 2.45 bits per heavy atom. The van der Waals surface area contributed by atoms with Gasteiger partial charge in [0, 0.05) is 4.90 Å². The lowest BCUT2D eigenvalue weighted by molar-refractivity contribution is -0.149. The Kier molecular flexibility index (Phi) is 7.37. The number of rotatable bonds is 8. The first kappa shape index (κ1) is 16.8.